The molecule has 0 aliphatic heterocycles. The predicted octanol–water partition coefficient (Wildman–Crippen LogP) is 5.41. The highest BCUT2D eigenvalue weighted by molar-refractivity contribution is 9.10. The van der Waals surface area contributed by atoms with Gasteiger partial charge in [-0.2, -0.15) is 0 Å². The number of ether oxygens (including phenoxy) is 5. The molecule has 4 rings (SSSR count). The van der Waals surface area contributed by atoms with E-state index in [2.05, 4.69) is 26.2 Å². The second kappa shape index (κ2) is 13.0. The lowest BCUT2D eigenvalue weighted by atomic mass is 10.0. The molecule has 0 spiro atoms. The first-order chi connectivity index (χ1) is 18.9. The maximum Gasteiger partial charge on any atom is 0.339 e. The van der Waals surface area contributed by atoms with Gasteiger partial charge in [0.25, 0.3) is 0 Å². The number of halogens is 1. The number of hydrogen-bond donors (Lipinski definition) is 0. The monoisotopic (exact) mass is 593 g/mol. The highest BCUT2D eigenvalue weighted by Crippen LogP contribution is 2.33. The number of benzene rings is 3. The van der Waals surface area contributed by atoms with Crippen molar-refractivity contribution >= 4 is 33.5 Å². The van der Waals surface area contributed by atoms with Crippen molar-refractivity contribution in [3.63, 3.8) is 0 Å². The molecule has 9 nitrogen and oxygen atoms in total. The Balaban J connectivity index is 1.58. The fourth-order valence-electron chi connectivity index (χ4n) is 3.85. The van der Waals surface area contributed by atoms with Crippen molar-refractivity contribution in [2.45, 2.75) is 13.2 Å². The molecule has 202 valence electrons. The Hall–Kier alpha value is -4.31. The third-order valence-corrected chi connectivity index (χ3v) is 6.36. The summed E-state index contributed by atoms with van der Waals surface area (Å²) in [7, 11) is 6.21. The molecule has 0 bridgehead atoms. The van der Waals surface area contributed by atoms with Gasteiger partial charge < -0.3 is 23.7 Å². The van der Waals surface area contributed by atoms with Crippen molar-refractivity contribution in [1.29, 1.82) is 0 Å². The second-order valence-corrected chi connectivity index (χ2v) is 9.27. The highest BCUT2D eigenvalue weighted by atomic mass is 79.9. The molecule has 39 heavy (non-hydrogen) atoms. The summed E-state index contributed by atoms with van der Waals surface area (Å²) >= 11 is 3.43. The maximum atomic E-state index is 13.4. The van der Waals surface area contributed by atoms with E-state index in [0.29, 0.717) is 46.4 Å². The van der Waals surface area contributed by atoms with Gasteiger partial charge >= 0.3 is 5.97 Å². The Morgan fingerprint density at radius 1 is 0.846 bits per heavy atom. The van der Waals surface area contributed by atoms with Crippen LogP contribution in [0, 0.1) is 0 Å². The summed E-state index contributed by atoms with van der Waals surface area (Å²) in [6, 6.07) is 18.5. The molecule has 0 aliphatic rings. The molecular formula is C29H28BrN3O6. The van der Waals surface area contributed by atoms with Crippen LogP contribution in [0.3, 0.4) is 0 Å². The van der Waals surface area contributed by atoms with E-state index in [1.165, 1.54) is 7.11 Å². The Morgan fingerprint density at radius 2 is 1.49 bits per heavy atom. The molecule has 0 saturated heterocycles. The highest BCUT2D eigenvalue weighted by Gasteiger charge is 2.18. The van der Waals surface area contributed by atoms with E-state index in [1.54, 1.807) is 68.6 Å². The quantitative estimate of drug-likeness (QED) is 0.129. The minimum atomic E-state index is -0.542. The summed E-state index contributed by atoms with van der Waals surface area (Å²) in [6.07, 6.45) is 3.47. The summed E-state index contributed by atoms with van der Waals surface area (Å²) in [6.45, 7) is 0.500. The lowest BCUT2D eigenvalue weighted by Gasteiger charge is -2.13. The molecule has 0 saturated carbocycles. The first-order valence-corrected chi connectivity index (χ1v) is 12.7. The van der Waals surface area contributed by atoms with Gasteiger partial charge in [0.15, 0.2) is 23.0 Å². The second-order valence-electron chi connectivity index (χ2n) is 8.35. The molecule has 1 aromatic heterocycles. The minimum Gasteiger partial charge on any atom is -0.493 e. The van der Waals surface area contributed by atoms with Gasteiger partial charge in [-0.15, -0.1) is 5.10 Å². The largest absolute Gasteiger partial charge is 0.493 e. The van der Waals surface area contributed by atoms with E-state index < -0.39 is 5.97 Å². The number of carbonyl (C=O) groups is 1. The molecule has 10 heteroatoms. The molecule has 0 N–H and O–H groups in total. The zero-order chi connectivity index (χ0) is 27.8. The molecule has 0 unspecified atom stereocenters. The van der Waals surface area contributed by atoms with Crippen molar-refractivity contribution in [1.82, 2.24) is 15.0 Å². The number of hydrogen-bond acceptors (Lipinski definition) is 8. The Kier molecular flexibility index (Phi) is 9.22. The van der Waals surface area contributed by atoms with Gasteiger partial charge in [0.2, 0.25) is 0 Å². The maximum absolute atomic E-state index is 13.4. The minimum absolute atomic E-state index is 0.0459. The van der Waals surface area contributed by atoms with Gasteiger partial charge in [-0.1, -0.05) is 45.4 Å². The summed E-state index contributed by atoms with van der Waals surface area (Å²) in [4.78, 5) is 13.4. The van der Waals surface area contributed by atoms with Gasteiger partial charge in [-0.3, -0.25) is 0 Å². The van der Waals surface area contributed by atoms with Crippen molar-refractivity contribution in [3.05, 3.63) is 93.7 Å². The molecule has 0 atom stereocenters. The van der Waals surface area contributed by atoms with Gasteiger partial charge in [-0.05, 0) is 59.2 Å². The molecular weight excluding hydrogens is 566 g/mol. The predicted molar refractivity (Wildman–Crippen MR) is 150 cm³/mol. The summed E-state index contributed by atoms with van der Waals surface area (Å²) in [5, 5.41) is 8.30. The number of methoxy groups -OCH3 is 4. The fraction of sp³-hybridized carbons (Fsp3) is 0.207. The molecule has 0 fully saturated rings. The number of carbonyl (C=O) groups excluding carboxylic acids is 1. The van der Waals surface area contributed by atoms with E-state index in [4.69, 9.17) is 23.7 Å². The van der Waals surface area contributed by atoms with Crippen LogP contribution in [0.4, 0.5) is 0 Å². The van der Waals surface area contributed by atoms with Crippen LogP contribution in [0.15, 0.2) is 71.3 Å². The molecule has 4 aromatic rings. The van der Waals surface area contributed by atoms with Gasteiger partial charge in [0.1, 0.15) is 12.3 Å². The molecule has 3 aromatic carbocycles. The average Bonchev–Trinajstić information content (AvgIpc) is 3.42. The normalized spacial score (nSPS) is 11.2. The third kappa shape index (κ3) is 6.97. The number of rotatable bonds is 11. The Labute approximate surface area is 235 Å². The summed E-state index contributed by atoms with van der Waals surface area (Å²) in [5.41, 5.74) is 3.21. The van der Waals surface area contributed by atoms with E-state index >= 15 is 0 Å². The van der Waals surface area contributed by atoms with Crippen molar-refractivity contribution in [2.24, 2.45) is 0 Å². The van der Waals surface area contributed by atoms with Crippen molar-refractivity contribution in [2.75, 3.05) is 28.4 Å². The van der Waals surface area contributed by atoms with Crippen LogP contribution in [0.2, 0.25) is 0 Å². The van der Waals surface area contributed by atoms with E-state index in [-0.39, 0.29) is 6.61 Å². The number of aromatic nitrogens is 3. The van der Waals surface area contributed by atoms with Crippen LogP contribution in [0.25, 0.3) is 11.6 Å². The standard InChI is InChI=1S/C29H28BrN3O6/c1-35-25-11-7-20(14-27(25)37-3)13-24(21-8-12-26(36-2)28(15-21)38-4)29(34)39-18-23-17-33(32-31-23)16-19-5-9-22(30)10-6-19/h5-15,17H,16,18H2,1-4H3/b24-13+. The number of esters is 1. The van der Waals surface area contributed by atoms with Crippen LogP contribution < -0.4 is 18.9 Å². The Bertz CT molecular complexity index is 1470. The lowest BCUT2D eigenvalue weighted by molar-refractivity contribution is -0.137. The van der Waals surface area contributed by atoms with Crippen molar-refractivity contribution in [3.8, 4) is 23.0 Å². The summed E-state index contributed by atoms with van der Waals surface area (Å²) < 4.78 is 29.9. The number of nitrogens with zero attached hydrogens (tertiary/aromatic N) is 3. The topological polar surface area (TPSA) is 93.9 Å². The van der Waals surface area contributed by atoms with Gasteiger partial charge in [0.05, 0.1) is 46.8 Å². The molecule has 1 heterocycles. The average molecular weight is 594 g/mol. The molecule has 0 amide bonds. The third-order valence-electron chi connectivity index (χ3n) is 5.83. The van der Waals surface area contributed by atoms with Crippen LogP contribution in [0.5, 0.6) is 23.0 Å². The zero-order valence-corrected chi connectivity index (χ0v) is 23.6. The SMILES string of the molecule is COc1ccc(/C=C(/C(=O)OCc2cn(Cc3ccc(Br)cc3)nn2)c2ccc(OC)c(OC)c2)cc1OC. The first-order valence-electron chi connectivity index (χ1n) is 11.9. The summed E-state index contributed by atoms with van der Waals surface area (Å²) in [5.74, 6) is 1.60. The van der Waals surface area contributed by atoms with Gasteiger partial charge in [-0.25, -0.2) is 9.48 Å². The molecule has 0 radical (unpaired) electrons. The van der Waals surface area contributed by atoms with Crippen molar-refractivity contribution < 1.29 is 28.5 Å². The van der Waals surface area contributed by atoms with Gasteiger partial charge in [0, 0.05) is 4.47 Å². The zero-order valence-electron chi connectivity index (χ0n) is 22.0. The van der Waals surface area contributed by atoms with Crippen LogP contribution >= 0.6 is 15.9 Å². The lowest BCUT2D eigenvalue weighted by Crippen LogP contribution is -2.08. The molecule has 0 aliphatic carbocycles. The van der Waals surface area contributed by atoms with Crippen LogP contribution in [-0.2, 0) is 22.7 Å². The van der Waals surface area contributed by atoms with Crippen LogP contribution in [0.1, 0.15) is 22.4 Å². The van der Waals surface area contributed by atoms with E-state index in [1.807, 2.05) is 30.3 Å². The Morgan fingerprint density at radius 3 is 2.15 bits per heavy atom. The first kappa shape index (κ1) is 27.7. The fourth-order valence-corrected chi connectivity index (χ4v) is 4.11. The smallest absolute Gasteiger partial charge is 0.339 e. The van der Waals surface area contributed by atoms with Crippen LogP contribution in [-0.4, -0.2) is 49.4 Å². The van der Waals surface area contributed by atoms with E-state index in [0.717, 1.165) is 15.6 Å². The van der Waals surface area contributed by atoms with E-state index in [9.17, 15) is 4.79 Å².